The molecule has 2 aliphatic rings. The zero-order valence-corrected chi connectivity index (χ0v) is 17.8. The molecule has 5 heteroatoms. The Morgan fingerprint density at radius 1 is 1.22 bits per heavy atom. The standard InChI is InChI=1S/C22H31NO3S/c1-15(2)12-19-20(22(19,4)5)21(24)23(18-10-11-27(25,26)14-18)13-17-8-6-16(3)7-9-17/h6-9,12,18-20H,10-11,13-14H2,1-5H3/t18-,19-,20-/m1/s1. The number of hydrogen-bond acceptors (Lipinski definition) is 3. The van der Waals surface area contributed by atoms with Crippen molar-refractivity contribution in [3.63, 3.8) is 0 Å². The zero-order chi connectivity index (χ0) is 20.0. The molecular weight excluding hydrogens is 358 g/mol. The SMILES string of the molecule is CC(C)=C[C@@H]1[C@H](C(=O)N(Cc2ccc(C)cc2)[C@@H]2CCS(=O)(=O)C2)C1(C)C. The molecule has 27 heavy (non-hydrogen) atoms. The minimum atomic E-state index is -3.05. The molecule has 1 heterocycles. The first-order valence-corrected chi connectivity index (χ1v) is 11.5. The Hall–Kier alpha value is -1.62. The van der Waals surface area contributed by atoms with Gasteiger partial charge in [-0.25, -0.2) is 8.42 Å². The Labute approximate surface area is 163 Å². The van der Waals surface area contributed by atoms with Crippen LogP contribution in [0.5, 0.6) is 0 Å². The molecule has 1 aromatic carbocycles. The molecule has 3 rings (SSSR count). The molecule has 4 nitrogen and oxygen atoms in total. The Kier molecular flexibility index (Phi) is 5.28. The number of rotatable bonds is 5. The van der Waals surface area contributed by atoms with Crippen LogP contribution in [0.4, 0.5) is 0 Å². The van der Waals surface area contributed by atoms with Gasteiger partial charge in [-0.2, -0.15) is 0 Å². The van der Waals surface area contributed by atoms with Gasteiger partial charge in [0, 0.05) is 12.6 Å². The molecule has 1 aliphatic carbocycles. The topological polar surface area (TPSA) is 54.5 Å². The molecule has 2 fully saturated rings. The fraction of sp³-hybridized carbons (Fsp3) is 0.591. The van der Waals surface area contributed by atoms with Crippen LogP contribution in [-0.2, 0) is 21.2 Å². The summed E-state index contributed by atoms with van der Waals surface area (Å²) in [5.41, 5.74) is 3.37. The van der Waals surface area contributed by atoms with Crippen LogP contribution in [0, 0.1) is 24.2 Å². The van der Waals surface area contributed by atoms with E-state index in [0.29, 0.717) is 13.0 Å². The van der Waals surface area contributed by atoms with Gasteiger partial charge in [-0.15, -0.1) is 0 Å². The summed E-state index contributed by atoms with van der Waals surface area (Å²) in [4.78, 5) is 15.3. The highest BCUT2D eigenvalue weighted by Gasteiger charge is 2.61. The molecule has 1 amide bonds. The van der Waals surface area contributed by atoms with Crippen LogP contribution in [0.2, 0.25) is 0 Å². The lowest BCUT2D eigenvalue weighted by Gasteiger charge is -2.29. The van der Waals surface area contributed by atoms with Crippen molar-refractivity contribution in [2.24, 2.45) is 17.3 Å². The fourth-order valence-corrected chi connectivity index (χ4v) is 6.03. The average Bonchev–Trinajstić information content (AvgIpc) is 2.90. The molecule has 1 saturated heterocycles. The third-order valence-corrected chi connectivity index (χ3v) is 7.85. The molecule has 0 bridgehead atoms. The summed E-state index contributed by atoms with van der Waals surface area (Å²) in [7, 11) is -3.05. The maximum Gasteiger partial charge on any atom is 0.227 e. The van der Waals surface area contributed by atoms with E-state index in [9.17, 15) is 13.2 Å². The van der Waals surface area contributed by atoms with Crippen LogP contribution in [0.15, 0.2) is 35.9 Å². The van der Waals surface area contributed by atoms with Gasteiger partial charge in [0.1, 0.15) is 0 Å². The monoisotopic (exact) mass is 389 g/mol. The van der Waals surface area contributed by atoms with E-state index < -0.39 is 9.84 Å². The molecule has 0 unspecified atom stereocenters. The van der Waals surface area contributed by atoms with E-state index in [1.54, 1.807) is 0 Å². The number of aryl methyl sites for hydroxylation is 1. The fourth-order valence-electron chi connectivity index (χ4n) is 4.30. The Balaban J connectivity index is 1.86. The lowest BCUT2D eigenvalue weighted by molar-refractivity contribution is -0.136. The summed E-state index contributed by atoms with van der Waals surface area (Å²) in [6.07, 6.45) is 2.73. The van der Waals surface area contributed by atoms with E-state index in [2.05, 4.69) is 33.8 Å². The lowest BCUT2D eigenvalue weighted by atomic mass is 10.1. The number of sulfone groups is 1. The second-order valence-electron chi connectivity index (χ2n) is 9.08. The number of amides is 1. The molecule has 0 spiro atoms. The molecule has 1 aromatic rings. The highest BCUT2D eigenvalue weighted by Crippen LogP contribution is 2.60. The number of carbonyl (C=O) groups excluding carboxylic acids is 1. The minimum absolute atomic E-state index is 0.0684. The second-order valence-corrected chi connectivity index (χ2v) is 11.3. The number of allylic oxidation sites excluding steroid dienone is 2. The van der Waals surface area contributed by atoms with Gasteiger partial charge in [-0.3, -0.25) is 4.79 Å². The van der Waals surface area contributed by atoms with E-state index in [1.165, 1.54) is 11.1 Å². The number of benzene rings is 1. The van der Waals surface area contributed by atoms with Crippen molar-refractivity contribution in [3.05, 3.63) is 47.0 Å². The first-order chi connectivity index (χ1) is 12.5. The van der Waals surface area contributed by atoms with Crippen molar-refractivity contribution in [1.82, 2.24) is 4.90 Å². The third-order valence-electron chi connectivity index (χ3n) is 6.10. The Morgan fingerprint density at radius 3 is 2.37 bits per heavy atom. The van der Waals surface area contributed by atoms with Gasteiger partial charge in [0.05, 0.1) is 17.4 Å². The van der Waals surface area contributed by atoms with Crippen molar-refractivity contribution in [2.45, 2.75) is 53.6 Å². The first kappa shape index (κ1) is 20.1. The van der Waals surface area contributed by atoms with E-state index in [0.717, 1.165) is 5.56 Å². The quantitative estimate of drug-likeness (QED) is 0.721. The molecule has 0 aromatic heterocycles. The van der Waals surface area contributed by atoms with Crippen molar-refractivity contribution < 1.29 is 13.2 Å². The zero-order valence-electron chi connectivity index (χ0n) is 17.0. The predicted molar refractivity (Wildman–Crippen MR) is 109 cm³/mol. The average molecular weight is 390 g/mol. The Morgan fingerprint density at radius 2 is 1.85 bits per heavy atom. The van der Waals surface area contributed by atoms with Gasteiger partial charge in [0.15, 0.2) is 9.84 Å². The molecule has 148 valence electrons. The van der Waals surface area contributed by atoms with Crippen LogP contribution in [0.1, 0.15) is 45.2 Å². The van der Waals surface area contributed by atoms with E-state index in [1.807, 2.05) is 36.1 Å². The summed E-state index contributed by atoms with van der Waals surface area (Å²) in [5.74, 6) is 0.533. The molecule has 0 radical (unpaired) electrons. The van der Waals surface area contributed by atoms with Gasteiger partial charge in [0.2, 0.25) is 5.91 Å². The third kappa shape index (κ3) is 4.29. The second kappa shape index (κ2) is 7.08. The van der Waals surface area contributed by atoms with E-state index >= 15 is 0 Å². The molecule has 1 aliphatic heterocycles. The normalized spacial score (nSPS) is 27.8. The molecule has 1 saturated carbocycles. The number of hydrogen-bond donors (Lipinski definition) is 0. The highest BCUT2D eigenvalue weighted by atomic mass is 32.2. The van der Waals surface area contributed by atoms with Crippen LogP contribution >= 0.6 is 0 Å². The summed E-state index contributed by atoms with van der Waals surface area (Å²) >= 11 is 0. The summed E-state index contributed by atoms with van der Waals surface area (Å²) in [5, 5.41) is 0. The highest BCUT2D eigenvalue weighted by molar-refractivity contribution is 7.91. The summed E-state index contributed by atoms with van der Waals surface area (Å²) < 4.78 is 24.1. The Bertz CT molecular complexity index is 848. The number of nitrogens with zero attached hydrogens (tertiary/aromatic N) is 1. The largest absolute Gasteiger partial charge is 0.334 e. The van der Waals surface area contributed by atoms with Gasteiger partial charge in [-0.1, -0.05) is 55.3 Å². The van der Waals surface area contributed by atoms with Gasteiger partial charge in [0.25, 0.3) is 0 Å². The predicted octanol–water partition coefficient (Wildman–Crippen LogP) is 3.75. The molecule has 3 atom stereocenters. The minimum Gasteiger partial charge on any atom is -0.334 e. The lowest BCUT2D eigenvalue weighted by Crippen LogP contribution is -2.42. The van der Waals surface area contributed by atoms with E-state index in [4.69, 9.17) is 0 Å². The van der Waals surface area contributed by atoms with Crippen LogP contribution < -0.4 is 0 Å². The van der Waals surface area contributed by atoms with Crippen molar-refractivity contribution in [1.29, 1.82) is 0 Å². The van der Waals surface area contributed by atoms with E-state index in [-0.39, 0.29) is 40.7 Å². The van der Waals surface area contributed by atoms with Crippen LogP contribution in [0.25, 0.3) is 0 Å². The molecule has 0 N–H and O–H groups in total. The van der Waals surface area contributed by atoms with Crippen molar-refractivity contribution >= 4 is 15.7 Å². The van der Waals surface area contributed by atoms with Gasteiger partial charge in [-0.05, 0) is 44.1 Å². The number of carbonyl (C=O) groups is 1. The summed E-state index contributed by atoms with van der Waals surface area (Å²) in [6.45, 7) is 10.9. The maximum absolute atomic E-state index is 13.5. The first-order valence-electron chi connectivity index (χ1n) is 9.73. The van der Waals surface area contributed by atoms with Gasteiger partial charge < -0.3 is 4.90 Å². The smallest absolute Gasteiger partial charge is 0.227 e. The van der Waals surface area contributed by atoms with Crippen molar-refractivity contribution in [3.8, 4) is 0 Å². The summed E-state index contributed by atoms with van der Waals surface area (Å²) in [6, 6.07) is 7.93. The molecular formula is C22H31NO3S. The van der Waals surface area contributed by atoms with Crippen LogP contribution in [0.3, 0.4) is 0 Å². The van der Waals surface area contributed by atoms with Crippen molar-refractivity contribution in [2.75, 3.05) is 11.5 Å². The van der Waals surface area contributed by atoms with Gasteiger partial charge >= 0.3 is 0 Å². The maximum atomic E-state index is 13.5. The van der Waals surface area contributed by atoms with Crippen LogP contribution in [-0.4, -0.2) is 36.8 Å².